The van der Waals surface area contributed by atoms with E-state index in [-0.39, 0.29) is 5.41 Å². The quantitative estimate of drug-likeness (QED) is 0.145. The first-order valence-electron chi connectivity index (χ1n) is 24.3. The molecule has 0 unspecified atom stereocenters. The minimum Gasteiger partial charge on any atom is -0.310 e. The van der Waals surface area contributed by atoms with Gasteiger partial charge in [-0.3, -0.25) is 4.57 Å². The summed E-state index contributed by atoms with van der Waals surface area (Å²) in [6.45, 7) is 4.67. The maximum Gasteiger partial charge on any atom is 0.238 e. The molecule has 10 aromatic carbocycles. The molecule has 0 spiro atoms. The average molecular weight is 910 g/mol. The van der Waals surface area contributed by atoms with Crippen molar-refractivity contribution in [3.8, 4) is 73.2 Å². The van der Waals surface area contributed by atoms with Crippen LogP contribution in [0.5, 0.6) is 0 Å². The van der Waals surface area contributed by atoms with E-state index in [1.54, 1.807) is 0 Å². The average Bonchev–Trinajstić information content (AvgIpc) is 3.88. The Morgan fingerprint density at radius 2 is 0.803 bits per heavy atom. The number of fused-ring (bicyclic) bond motifs is 6. The first-order valence-corrected chi connectivity index (χ1v) is 24.3. The highest BCUT2D eigenvalue weighted by Gasteiger charge is 2.36. The number of benzene rings is 10. The number of para-hydroxylation sites is 1. The molecule has 5 heteroatoms. The van der Waals surface area contributed by atoms with Crippen molar-refractivity contribution in [1.29, 1.82) is 0 Å². The van der Waals surface area contributed by atoms with Crippen molar-refractivity contribution >= 4 is 38.9 Å². The van der Waals surface area contributed by atoms with Crippen molar-refractivity contribution < 1.29 is 0 Å². The Hall–Kier alpha value is -9.19. The summed E-state index contributed by atoms with van der Waals surface area (Å²) in [5.41, 5.74) is 19.1. The summed E-state index contributed by atoms with van der Waals surface area (Å²) in [6.07, 6.45) is 0. The summed E-state index contributed by atoms with van der Waals surface area (Å²) in [5, 5.41) is 2.28. The zero-order valence-electron chi connectivity index (χ0n) is 39.4. The predicted octanol–water partition coefficient (Wildman–Crippen LogP) is 17.1. The first-order chi connectivity index (χ1) is 35.0. The van der Waals surface area contributed by atoms with Gasteiger partial charge in [-0.05, 0) is 105 Å². The van der Waals surface area contributed by atoms with Crippen LogP contribution >= 0.6 is 0 Å². The van der Waals surface area contributed by atoms with Gasteiger partial charge < -0.3 is 4.90 Å². The zero-order valence-corrected chi connectivity index (χ0v) is 39.4. The van der Waals surface area contributed by atoms with Crippen LogP contribution in [0.2, 0.25) is 0 Å². The van der Waals surface area contributed by atoms with Crippen molar-refractivity contribution in [2.75, 3.05) is 4.90 Å². The number of rotatable bonds is 9. The summed E-state index contributed by atoms with van der Waals surface area (Å²) >= 11 is 0. The lowest BCUT2D eigenvalue weighted by molar-refractivity contribution is 0.661. The summed E-state index contributed by atoms with van der Waals surface area (Å²) < 4.78 is 2.25. The fourth-order valence-corrected chi connectivity index (χ4v) is 10.7. The Morgan fingerprint density at radius 3 is 1.41 bits per heavy atom. The van der Waals surface area contributed by atoms with Gasteiger partial charge in [-0.2, -0.15) is 9.97 Å². The maximum absolute atomic E-state index is 5.28. The Bertz CT molecular complexity index is 3860. The summed E-state index contributed by atoms with van der Waals surface area (Å²) in [5.74, 6) is 1.83. The van der Waals surface area contributed by atoms with Gasteiger partial charge in [0, 0.05) is 44.3 Å². The first kappa shape index (κ1) is 42.0. The summed E-state index contributed by atoms with van der Waals surface area (Å²) in [6, 6.07) is 88.7. The summed E-state index contributed by atoms with van der Waals surface area (Å²) in [4.78, 5) is 18.0. The molecule has 0 radical (unpaired) electrons. The van der Waals surface area contributed by atoms with Gasteiger partial charge in [-0.1, -0.05) is 208 Å². The highest BCUT2D eigenvalue weighted by molar-refractivity contribution is 6.12. The van der Waals surface area contributed by atoms with E-state index in [2.05, 4.69) is 236 Å². The van der Waals surface area contributed by atoms with E-state index in [0.717, 1.165) is 66.7 Å². The molecule has 0 aliphatic heterocycles. The molecule has 0 amide bonds. The molecule has 1 aliphatic carbocycles. The van der Waals surface area contributed by atoms with Crippen LogP contribution in [-0.2, 0) is 5.41 Å². The molecule has 13 rings (SSSR count). The molecular weight excluding hydrogens is 863 g/mol. The van der Waals surface area contributed by atoms with E-state index in [9.17, 15) is 0 Å². The highest BCUT2D eigenvalue weighted by atomic mass is 15.2. The van der Waals surface area contributed by atoms with Crippen LogP contribution < -0.4 is 4.90 Å². The standard InChI is InChI=1S/C66H47N5/c1-66(2)58-29-17-15-28-54(58)55-42-57-56-41-50(35-40-61(56)71(62(57)43-59(55)66)65-68-63(48-23-11-5-12-24-48)67-64(69-65)49-25-13-6-14-26-49)46-33-38-52(39-34-46)70(51-36-31-45(32-37-51)44-19-7-3-8-20-44)60-30-18-16-27-53(60)47-21-9-4-10-22-47/h3-43H,1-2H3. The molecule has 1 aliphatic rings. The van der Waals surface area contributed by atoms with Gasteiger partial charge >= 0.3 is 0 Å². The van der Waals surface area contributed by atoms with Crippen LogP contribution in [0.3, 0.4) is 0 Å². The number of nitrogens with zero attached hydrogens (tertiary/aromatic N) is 5. The van der Waals surface area contributed by atoms with Crippen LogP contribution in [0.4, 0.5) is 17.1 Å². The third-order valence-corrected chi connectivity index (χ3v) is 14.3. The topological polar surface area (TPSA) is 46.8 Å². The Kier molecular flexibility index (Phi) is 10.1. The molecule has 0 saturated heterocycles. The molecule has 0 bridgehead atoms. The lowest BCUT2D eigenvalue weighted by atomic mass is 9.82. The van der Waals surface area contributed by atoms with Crippen LogP contribution in [0.25, 0.3) is 95.0 Å². The predicted molar refractivity (Wildman–Crippen MR) is 294 cm³/mol. The molecular formula is C66H47N5. The largest absolute Gasteiger partial charge is 0.310 e. The molecule has 0 fully saturated rings. The van der Waals surface area contributed by atoms with Gasteiger partial charge in [0.1, 0.15) is 0 Å². The lowest BCUT2D eigenvalue weighted by Gasteiger charge is -2.28. The van der Waals surface area contributed by atoms with E-state index in [0.29, 0.717) is 17.6 Å². The molecule has 336 valence electrons. The van der Waals surface area contributed by atoms with Crippen molar-refractivity contribution in [3.63, 3.8) is 0 Å². The number of hydrogen-bond acceptors (Lipinski definition) is 4. The second-order valence-electron chi connectivity index (χ2n) is 18.8. The van der Waals surface area contributed by atoms with E-state index in [1.807, 2.05) is 36.4 Å². The SMILES string of the molecule is CC1(C)c2ccccc2-c2cc3c4cc(-c5ccc(N(c6ccc(-c7ccccc7)cc6)c6ccccc6-c6ccccc6)cc5)ccc4n(-c4nc(-c5ccccc5)nc(-c5ccccc5)n4)c3cc21. The van der Waals surface area contributed by atoms with Crippen LogP contribution in [0.1, 0.15) is 25.0 Å². The molecule has 12 aromatic rings. The summed E-state index contributed by atoms with van der Waals surface area (Å²) in [7, 11) is 0. The number of hydrogen-bond donors (Lipinski definition) is 0. The van der Waals surface area contributed by atoms with Crippen LogP contribution in [0, 0.1) is 0 Å². The van der Waals surface area contributed by atoms with Crippen LogP contribution in [0.15, 0.2) is 249 Å². The molecule has 0 saturated carbocycles. The molecule has 2 heterocycles. The Labute approximate surface area is 413 Å². The van der Waals surface area contributed by atoms with Gasteiger partial charge in [0.05, 0.1) is 16.7 Å². The molecule has 5 nitrogen and oxygen atoms in total. The van der Waals surface area contributed by atoms with E-state index in [1.165, 1.54) is 38.9 Å². The van der Waals surface area contributed by atoms with Gasteiger partial charge in [0.15, 0.2) is 11.6 Å². The van der Waals surface area contributed by atoms with Crippen molar-refractivity contribution in [2.45, 2.75) is 19.3 Å². The third-order valence-electron chi connectivity index (χ3n) is 14.3. The van der Waals surface area contributed by atoms with Gasteiger partial charge in [0.2, 0.25) is 5.95 Å². The van der Waals surface area contributed by atoms with E-state index >= 15 is 0 Å². The third kappa shape index (κ3) is 7.29. The monoisotopic (exact) mass is 909 g/mol. The van der Waals surface area contributed by atoms with Crippen molar-refractivity contribution in [2.24, 2.45) is 0 Å². The normalized spacial score (nSPS) is 12.5. The Balaban J connectivity index is 0.976. The maximum atomic E-state index is 5.28. The van der Waals surface area contributed by atoms with E-state index < -0.39 is 0 Å². The van der Waals surface area contributed by atoms with Crippen molar-refractivity contribution in [3.05, 3.63) is 260 Å². The smallest absolute Gasteiger partial charge is 0.238 e. The van der Waals surface area contributed by atoms with Gasteiger partial charge in [-0.25, -0.2) is 4.98 Å². The van der Waals surface area contributed by atoms with Crippen molar-refractivity contribution in [1.82, 2.24) is 19.5 Å². The molecule has 71 heavy (non-hydrogen) atoms. The number of aromatic nitrogens is 4. The van der Waals surface area contributed by atoms with Gasteiger partial charge in [-0.15, -0.1) is 0 Å². The minimum atomic E-state index is -0.197. The molecule has 0 N–H and O–H groups in total. The second-order valence-corrected chi connectivity index (χ2v) is 18.8. The minimum absolute atomic E-state index is 0.197. The fraction of sp³-hybridized carbons (Fsp3) is 0.0455. The fourth-order valence-electron chi connectivity index (χ4n) is 10.7. The number of anilines is 3. The molecule has 0 atom stereocenters. The van der Waals surface area contributed by atoms with Gasteiger partial charge in [0.25, 0.3) is 0 Å². The lowest BCUT2D eigenvalue weighted by Crippen LogP contribution is -2.15. The highest BCUT2D eigenvalue weighted by Crippen LogP contribution is 2.51. The van der Waals surface area contributed by atoms with Crippen LogP contribution in [-0.4, -0.2) is 19.5 Å². The molecule has 2 aromatic heterocycles. The Morgan fingerprint density at radius 1 is 0.338 bits per heavy atom. The zero-order chi connectivity index (χ0) is 47.5. The van der Waals surface area contributed by atoms with E-state index in [4.69, 9.17) is 15.0 Å². The second kappa shape index (κ2) is 17.1.